The lowest BCUT2D eigenvalue weighted by Crippen LogP contribution is -2.16. The van der Waals surface area contributed by atoms with Crippen LogP contribution in [0.3, 0.4) is 0 Å². The molecule has 4 aliphatic rings. The van der Waals surface area contributed by atoms with Gasteiger partial charge in [0.2, 0.25) is 0 Å². The van der Waals surface area contributed by atoms with Crippen LogP contribution in [0.25, 0.3) is 0 Å². The summed E-state index contributed by atoms with van der Waals surface area (Å²) in [5, 5.41) is 0. The Morgan fingerprint density at radius 1 is 0.386 bits per heavy atom. The predicted molar refractivity (Wildman–Crippen MR) is 193 cm³/mol. The Balaban J connectivity index is 1.67. The Morgan fingerprint density at radius 2 is 0.727 bits per heavy atom. The quantitative estimate of drug-likeness (QED) is 0.140. The Kier molecular flexibility index (Phi) is 9.48. The molecule has 4 bridgehead atoms. The summed E-state index contributed by atoms with van der Waals surface area (Å²) in [5.74, 6) is 21.2. The Bertz CT molecular complexity index is 1790. The van der Waals surface area contributed by atoms with Crippen molar-refractivity contribution in [2.24, 2.45) is 0 Å². The minimum absolute atomic E-state index is 0.910. The molecule has 0 nitrogen and oxygen atoms in total. The zero-order valence-corrected chi connectivity index (χ0v) is 28.9. The van der Waals surface area contributed by atoms with Gasteiger partial charge in [-0.3, -0.25) is 0 Å². The number of hydrogen-bond acceptors (Lipinski definition) is 0. The summed E-state index contributed by atoms with van der Waals surface area (Å²) in [7, 11) is -3.04. The molecule has 44 heavy (non-hydrogen) atoms. The second-order valence-corrected chi connectivity index (χ2v) is 23.0. The van der Waals surface area contributed by atoms with Crippen LogP contribution in [-0.2, 0) is 25.7 Å². The van der Waals surface area contributed by atoms with E-state index in [2.05, 4.69) is 159 Å². The summed E-state index contributed by atoms with van der Waals surface area (Å²) in [6.07, 6.45) is 3.75. The summed E-state index contributed by atoms with van der Waals surface area (Å²) in [5.41, 5.74) is 18.2. The van der Waals surface area contributed by atoms with Crippen LogP contribution in [0.2, 0.25) is 39.3 Å². The average Bonchev–Trinajstić information content (AvgIpc) is 2.98. The maximum Gasteiger partial charge on any atom is 0.129 e. The zero-order chi connectivity index (χ0) is 31.2. The van der Waals surface area contributed by atoms with Gasteiger partial charge in [-0.25, -0.2) is 0 Å². The number of rotatable bonds is 0. The maximum absolute atomic E-state index is 3.64. The van der Waals surface area contributed by atoms with Crippen LogP contribution in [0.15, 0.2) is 84.9 Å². The minimum atomic E-state index is -1.52. The molecule has 0 saturated carbocycles. The van der Waals surface area contributed by atoms with E-state index in [1.165, 1.54) is 22.3 Å². The van der Waals surface area contributed by atoms with Crippen molar-refractivity contribution < 1.29 is 0 Å². The summed E-state index contributed by atoms with van der Waals surface area (Å²) in [6, 6.07) is 30.2. The van der Waals surface area contributed by atoms with Gasteiger partial charge in [-0.15, -0.1) is 11.1 Å². The molecule has 0 aliphatic heterocycles. The molecule has 0 amide bonds. The van der Waals surface area contributed by atoms with Crippen molar-refractivity contribution in [3.05, 3.63) is 141 Å². The third-order valence-electron chi connectivity index (χ3n) is 7.41. The third-order valence-corrected chi connectivity index (χ3v) is 9.16. The largest absolute Gasteiger partial charge is 0.129 e. The van der Waals surface area contributed by atoms with Gasteiger partial charge in [0.05, 0.1) is 0 Å². The van der Waals surface area contributed by atoms with Crippen LogP contribution in [0, 0.1) is 46.6 Å². The van der Waals surface area contributed by atoms with E-state index in [-0.39, 0.29) is 0 Å². The molecule has 8 rings (SSSR count). The highest BCUT2D eigenvalue weighted by Gasteiger charge is 2.14. The summed E-state index contributed by atoms with van der Waals surface area (Å²) >= 11 is 0. The summed E-state index contributed by atoms with van der Waals surface area (Å²) in [4.78, 5) is 0. The van der Waals surface area contributed by atoms with Crippen LogP contribution in [0.5, 0.6) is 0 Å². The molecular weight excluding hydrogens is 561 g/mol. The molecule has 4 aromatic carbocycles. The number of hydrogen-bond donors (Lipinski definition) is 0. The van der Waals surface area contributed by atoms with Crippen molar-refractivity contribution in [2.45, 2.75) is 65.0 Å². The first kappa shape index (κ1) is 31.0. The molecule has 0 spiro atoms. The molecule has 0 heterocycles. The van der Waals surface area contributed by atoms with Gasteiger partial charge in [-0.1, -0.05) is 135 Å². The lowest BCUT2D eigenvalue weighted by molar-refractivity contribution is 0.915. The van der Waals surface area contributed by atoms with Crippen molar-refractivity contribution in [2.75, 3.05) is 0 Å². The molecule has 4 aromatic rings. The molecule has 0 atom stereocenters. The zero-order valence-electron chi connectivity index (χ0n) is 26.9. The van der Waals surface area contributed by atoms with Crippen molar-refractivity contribution in [3.8, 4) is 46.6 Å². The molecule has 216 valence electrons. The topological polar surface area (TPSA) is 0 Å². The molecular formula is C42H40Si2. The van der Waals surface area contributed by atoms with E-state index < -0.39 is 16.1 Å². The van der Waals surface area contributed by atoms with Crippen molar-refractivity contribution >= 4 is 16.1 Å². The van der Waals surface area contributed by atoms with Gasteiger partial charge in [0.15, 0.2) is 0 Å². The van der Waals surface area contributed by atoms with Crippen molar-refractivity contribution in [3.63, 3.8) is 0 Å². The summed E-state index contributed by atoms with van der Waals surface area (Å²) < 4.78 is 0. The summed E-state index contributed by atoms with van der Waals surface area (Å²) in [6.45, 7) is 13.6. The highest BCUT2D eigenvalue weighted by molar-refractivity contribution is 6.84. The second kappa shape index (κ2) is 13.5. The standard InChI is InChI=1S/C42H40Si2/c1-43(2,3)31-29-37-13-9-7-11-35(37)25-27-41-39-21-19-33-15-17-34(18-16-33)20-22-40(24-23-39)42(41)28-26-36-12-8-10-14-38(36)30-32-44(4,5)6/h7-18,23-24H,19-22H2,1-6H3. The lowest BCUT2D eigenvalue weighted by Gasteiger charge is -2.15. The Hall–Kier alpha value is -4.45. The Morgan fingerprint density at radius 3 is 1.07 bits per heavy atom. The van der Waals surface area contributed by atoms with Gasteiger partial charge < -0.3 is 0 Å². The average molecular weight is 601 g/mol. The van der Waals surface area contributed by atoms with E-state index in [9.17, 15) is 0 Å². The van der Waals surface area contributed by atoms with Crippen LogP contribution in [-0.4, -0.2) is 16.1 Å². The van der Waals surface area contributed by atoms with E-state index in [0.717, 1.165) is 59.1 Å². The van der Waals surface area contributed by atoms with E-state index >= 15 is 0 Å². The van der Waals surface area contributed by atoms with E-state index in [0.29, 0.717) is 0 Å². The van der Waals surface area contributed by atoms with Crippen LogP contribution >= 0.6 is 0 Å². The number of benzene rings is 4. The fraction of sp³-hybridized carbons (Fsp3) is 0.238. The molecule has 0 fully saturated rings. The van der Waals surface area contributed by atoms with Gasteiger partial charge in [0.1, 0.15) is 16.1 Å². The van der Waals surface area contributed by atoms with Gasteiger partial charge in [0, 0.05) is 33.4 Å². The van der Waals surface area contributed by atoms with Crippen LogP contribution < -0.4 is 0 Å². The van der Waals surface area contributed by atoms with Gasteiger partial charge in [-0.05, 0) is 72.2 Å². The van der Waals surface area contributed by atoms with Crippen LogP contribution in [0.4, 0.5) is 0 Å². The number of aryl methyl sites for hydroxylation is 4. The molecule has 4 aliphatic carbocycles. The van der Waals surface area contributed by atoms with E-state index in [4.69, 9.17) is 0 Å². The highest BCUT2D eigenvalue weighted by Crippen LogP contribution is 2.24. The normalized spacial score (nSPS) is 12.1. The van der Waals surface area contributed by atoms with Gasteiger partial charge >= 0.3 is 0 Å². The fourth-order valence-corrected chi connectivity index (χ4v) is 6.01. The molecule has 0 N–H and O–H groups in total. The first-order valence-corrected chi connectivity index (χ1v) is 22.6. The predicted octanol–water partition coefficient (Wildman–Crippen LogP) is 8.83. The van der Waals surface area contributed by atoms with Crippen molar-refractivity contribution in [1.29, 1.82) is 0 Å². The van der Waals surface area contributed by atoms with Gasteiger partial charge in [-0.2, -0.15) is 0 Å². The molecule has 0 unspecified atom stereocenters. The SMILES string of the molecule is C[Si](C)(C)C#Cc1ccccc1C#Cc1c2ccc(c1C#Cc1ccccc1C#C[Si](C)(C)C)CCc1ccc(cc1)CC2. The Labute approximate surface area is 267 Å². The van der Waals surface area contributed by atoms with Crippen LogP contribution in [0.1, 0.15) is 55.6 Å². The van der Waals surface area contributed by atoms with Gasteiger partial charge in [0.25, 0.3) is 0 Å². The smallest absolute Gasteiger partial charge is 0.127 e. The molecule has 2 heteroatoms. The monoisotopic (exact) mass is 600 g/mol. The van der Waals surface area contributed by atoms with E-state index in [1.54, 1.807) is 0 Å². The first-order valence-electron chi connectivity index (χ1n) is 15.6. The molecule has 0 radical (unpaired) electrons. The maximum atomic E-state index is 3.64. The minimum Gasteiger partial charge on any atom is -0.127 e. The fourth-order valence-electron chi connectivity index (χ4n) is 4.99. The lowest BCUT2D eigenvalue weighted by atomic mass is 9.88. The van der Waals surface area contributed by atoms with Crippen molar-refractivity contribution in [1.82, 2.24) is 0 Å². The highest BCUT2D eigenvalue weighted by atomic mass is 28.3. The first-order chi connectivity index (χ1) is 21.0. The second-order valence-electron chi connectivity index (χ2n) is 13.5. The molecule has 0 aromatic heterocycles. The van der Waals surface area contributed by atoms with E-state index in [1.807, 2.05) is 12.1 Å². The molecule has 0 saturated heterocycles. The third kappa shape index (κ3) is 8.56.